The number of rotatable bonds is 3. The van der Waals surface area contributed by atoms with Gasteiger partial charge in [-0.05, 0) is 22.7 Å². The Labute approximate surface area is 132 Å². The number of fused-ring (bicyclic) bond motifs is 1. The summed E-state index contributed by atoms with van der Waals surface area (Å²) in [5.74, 6) is -0.0139. The topological polar surface area (TPSA) is 87.1 Å². The first-order valence-corrected chi connectivity index (χ1v) is 7.25. The van der Waals surface area contributed by atoms with Gasteiger partial charge in [0.25, 0.3) is 5.91 Å². The van der Waals surface area contributed by atoms with E-state index in [4.69, 9.17) is 11.6 Å². The first kappa shape index (κ1) is 14.7. The van der Waals surface area contributed by atoms with Crippen molar-refractivity contribution in [2.45, 2.75) is 18.6 Å². The number of nitrogens with zero attached hydrogens (tertiary/aromatic N) is 2. The van der Waals surface area contributed by atoms with Crippen molar-refractivity contribution in [1.82, 2.24) is 15.3 Å². The van der Waals surface area contributed by atoms with Gasteiger partial charge in [-0.3, -0.25) is 4.79 Å². The minimum absolute atomic E-state index is 0.0379. The van der Waals surface area contributed by atoms with Crippen LogP contribution in [0.2, 0.25) is 5.28 Å². The lowest BCUT2D eigenvalue weighted by Gasteiger charge is -2.20. The monoisotopic (exact) mass is 318 g/mol. The summed E-state index contributed by atoms with van der Waals surface area (Å²) in [7, 11) is 1.53. The Balaban J connectivity index is 1.96. The van der Waals surface area contributed by atoms with Gasteiger partial charge < -0.3 is 15.7 Å². The summed E-state index contributed by atoms with van der Waals surface area (Å²) >= 11 is 5.83. The Hall–Kier alpha value is -2.18. The maximum Gasteiger partial charge on any atom is 0.256 e. The highest BCUT2D eigenvalue weighted by molar-refractivity contribution is 6.28. The van der Waals surface area contributed by atoms with Gasteiger partial charge in [0.15, 0.2) is 0 Å². The third kappa shape index (κ3) is 2.63. The molecule has 1 aromatic heterocycles. The molecule has 1 amide bonds. The number of aliphatic hydroxyl groups excluding tert-OH is 1. The number of benzene rings is 1. The molecule has 0 saturated carbocycles. The van der Waals surface area contributed by atoms with E-state index in [0.717, 1.165) is 11.1 Å². The minimum Gasteiger partial charge on any atom is -0.390 e. The molecule has 1 aliphatic rings. The molecule has 0 radical (unpaired) electrons. The number of nitrogens with one attached hydrogen (secondary N) is 2. The fourth-order valence-electron chi connectivity index (χ4n) is 2.67. The third-order valence-electron chi connectivity index (χ3n) is 3.73. The molecule has 1 unspecified atom stereocenters. The highest BCUT2D eigenvalue weighted by Gasteiger charge is 2.32. The molecule has 0 bridgehead atoms. The average molecular weight is 319 g/mol. The van der Waals surface area contributed by atoms with E-state index in [1.807, 2.05) is 24.3 Å². The SMILES string of the molecule is CNC(=O)c1cnc(Cl)nc1N[C@H]1c2ccccc2CC1O. The Kier molecular flexibility index (Phi) is 3.96. The minimum atomic E-state index is -0.594. The van der Waals surface area contributed by atoms with Crippen molar-refractivity contribution >= 4 is 23.3 Å². The molecular formula is C15H15ClN4O2. The third-order valence-corrected chi connectivity index (χ3v) is 3.91. The van der Waals surface area contributed by atoms with Crippen molar-refractivity contribution in [1.29, 1.82) is 0 Å². The number of amides is 1. The van der Waals surface area contributed by atoms with Gasteiger partial charge in [-0.1, -0.05) is 24.3 Å². The van der Waals surface area contributed by atoms with Crippen molar-refractivity contribution in [2.75, 3.05) is 12.4 Å². The fraction of sp³-hybridized carbons (Fsp3) is 0.267. The number of hydrogen-bond acceptors (Lipinski definition) is 5. The average Bonchev–Trinajstić information content (AvgIpc) is 2.83. The van der Waals surface area contributed by atoms with Crippen LogP contribution in [0, 0.1) is 0 Å². The molecule has 7 heteroatoms. The summed E-state index contributed by atoms with van der Waals surface area (Å²) in [4.78, 5) is 19.8. The quantitative estimate of drug-likeness (QED) is 0.748. The van der Waals surface area contributed by atoms with Crippen LogP contribution in [0.1, 0.15) is 27.5 Å². The molecule has 1 aromatic carbocycles. The molecule has 0 fully saturated rings. The molecule has 0 aliphatic heterocycles. The van der Waals surface area contributed by atoms with Gasteiger partial charge in [0, 0.05) is 19.7 Å². The Morgan fingerprint density at radius 1 is 1.41 bits per heavy atom. The lowest BCUT2D eigenvalue weighted by molar-refractivity contribution is 0.0962. The van der Waals surface area contributed by atoms with E-state index in [1.54, 1.807) is 0 Å². The molecule has 1 aliphatic carbocycles. The van der Waals surface area contributed by atoms with E-state index in [0.29, 0.717) is 12.2 Å². The van der Waals surface area contributed by atoms with Gasteiger partial charge in [0.2, 0.25) is 5.28 Å². The Morgan fingerprint density at radius 3 is 2.95 bits per heavy atom. The van der Waals surface area contributed by atoms with Crippen LogP contribution >= 0.6 is 11.6 Å². The predicted octanol–water partition coefficient (Wildman–Crippen LogP) is 1.56. The van der Waals surface area contributed by atoms with E-state index in [2.05, 4.69) is 20.6 Å². The number of carbonyl (C=O) groups excluding carboxylic acids is 1. The van der Waals surface area contributed by atoms with Gasteiger partial charge in [-0.25, -0.2) is 4.98 Å². The molecule has 3 rings (SSSR count). The van der Waals surface area contributed by atoms with Crippen molar-refractivity contribution in [3.63, 3.8) is 0 Å². The molecule has 114 valence electrons. The maximum atomic E-state index is 11.9. The van der Waals surface area contributed by atoms with Gasteiger partial charge >= 0.3 is 0 Å². The van der Waals surface area contributed by atoms with E-state index in [-0.39, 0.29) is 22.8 Å². The summed E-state index contributed by atoms with van der Waals surface area (Å²) in [5.41, 5.74) is 2.35. The highest BCUT2D eigenvalue weighted by Crippen LogP contribution is 2.34. The molecule has 2 atom stereocenters. The van der Waals surface area contributed by atoms with Crippen LogP contribution in [0.15, 0.2) is 30.5 Å². The standard InChI is InChI=1S/C15H15ClN4O2/c1-17-14(22)10-7-18-15(16)20-13(10)19-12-9-5-3-2-4-8(9)6-11(12)21/h2-5,7,11-12,21H,6H2,1H3,(H,17,22)(H,18,19,20)/t11?,12-/m0/s1. The van der Waals surface area contributed by atoms with Crippen molar-refractivity contribution in [2.24, 2.45) is 0 Å². The highest BCUT2D eigenvalue weighted by atomic mass is 35.5. The molecule has 22 heavy (non-hydrogen) atoms. The second kappa shape index (κ2) is 5.90. The van der Waals surface area contributed by atoms with E-state index in [1.165, 1.54) is 13.2 Å². The van der Waals surface area contributed by atoms with Crippen molar-refractivity contribution in [3.05, 3.63) is 52.4 Å². The number of carbonyl (C=O) groups is 1. The van der Waals surface area contributed by atoms with Crippen LogP contribution in [-0.2, 0) is 6.42 Å². The maximum absolute atomic E-state index is 11.9. The summed E-state index contributed by atoms with van der Waals surface area (Å²) in [6.45, 7) is 0. The summed E-state index contributed by atoms with van der Waals surface area (Å²) in [6, 6.07) is 7.44. The zero-order valence-corrected chi connectivity index (χ0v) is 12.6. The number of aromatic nitrogens is 2. The fourth-order valence-corrected chi connectivity index (χ4v) is 2.80. The zero-order chi connectivity index (χ0) is 15.7. The molecular weight excluding hydrogens is 304 g/mol. The molecule has 2 aromatic rings. The largest absolute Gasteiger partial charge is 0.390 e. The second-order valence-corrected chi connectivity index (χ2v) is 5.41. The van der Waals surface area contributed by atoms with Gasteiger partial charge in [0.05, 0.1) is 12.1 Å². The smallest absolute Gasteiger partial charge is 0.256 e. The Morgan fingerprint density at radius 2 is 2.18 bits per heavy atom. The van der Waals surface area contributed by atoms with Crippen molar-refractivity contribution < 1.29 is 9.90 Å². The number of halogens is 1. The summed E-state index contributed by atoms with van der Waals surface area (Å²) in [5, 5.41) is 16.0. The van der Waals surface area contributed by atoms with Crippen LogP contribution < -0.4 is 10.6 Å². The number of aliphatic hydroxyl groups is 1. The van der Waals surface area contributed by atoms with Crippen LogP contribution in [0.5, 0.6) is 0 Å². The van der Waals surface area contributed by atoms with Gasteiger partial charge in [-0.15, -0.1) is 0 Å². The molecule has 0 spiro atoms. The van der Waals surface area contributed by atoms with Crippen LogP contribution in [0.4, 0.5) is 5.82 Å². The summed E-state index contributed by atoms with van der Waals surface area (Å²) < 4.78 is 0. The summed E-state index contributed by atoms with van der Waals surface area (Å²) in [6.07, 6.45) is 1.33. The lowest BCUT2D eigenvalue weighted by atomic mass is 10.1. The van der Waals surface area contributed by atoms with Gasteiger partial charge in [-0.2, -0.15) is 4.98 Å². The first-order valence-electron chi connectivity index (χ1n) is 6.87. The first-order chi connectivity index (χ1) is 10.6. The number of hydrogen-bond donors (Lipinski definition) is 3. The second-order valence-electron chi connectivity index (χ2n) is 5.07. The lowest BCUT2D eigenvalue weighted by Crippen LogP contribution is -2.25. The van der Waals surface area contributed by atoms with E-state index < -0.39 is 6.10 Å². The van der Waals surface area contributed by atoms with Crippen LogP contribution in [0.3, 0.4) is 0 Å². The molecule has 6 nitrogen and oxygen atoms in total. The van der Waals surface area contributed by atoms with E-state index in [9.17, 15) is 9.90 Å². The van der Waals surface area contributed by atoms with E-state index >= 15 is 0 Å². The predicted molar refractivity (Wildman–Crippen MR) is 82.9 cm³/mol. The normalized spacial score (nSPS) is 19.6. The van der Waals surface area contributed by atoms with Crippen LogP contribution in [-0.4, -0.2) is 34.1 Å². The number of anilines is 1. The molecule has 0 saturated heterocycles. The van der Waals surface area contributed by atoms with Gasteiger partial charge in [0.1, 0.15) is 11.4 Å². The Bertz CT molecular complexity index is 722. The molecule has 3 N–H and O–H groups in total. The van der Waals surface area contributed by atoms with Crippen LogP contribution in [0.25, 0.3) is 0 Å². The molecule has 1 heterocycles. The zero-order valence-electron chi connectivity index (χ0n) is 11.9. The van der Waals surface area contributed by atoms with Crippen molar-refractivity contribution in [3.8, 4) is 0 Å².